The van der Waals surface area contributed by atoms with E-state index in [0.29, 0.717) is 23.7 Å². The van der Waals surface area contributed by atoms with Gasteiger partial charge in [-0.3, -0.25) is 4.79 Å². The highest BCUT2D eigenvalue weighted by Crippen LogP contribution is 2.33. The second kappa shape index (κ2) is 8.62. The fourth-order valence-electron chi connectivity index (χ4n) is 4.57. The summed E-state index contributed by atoms with van der Waals surface area (Å²) >= 11 is 6.29. The second-order valence-electron chi connectivity index (χ2n) is 8.80. The molecule has 1 unspecified atom stereocenters. The molecule has 1 aromatic carbocycles. The molecule has 1 atom stereocenters. The first-order chi connectivity index (χ1) is 14.0. The summed E-state index contributed by atoms with van der Waals surface area (Å²) in [6, 6.07) is 7.51. The zero-order valence-corrected chi connectivity index (χ0v) is 17.8. The first kappa shape index (κ1) is 20.6. The van der Waals surface area contributed by atoms with Crippen molar-refractivity contribution in [2.75, 3.05) is 39.4 Å². The second-order valence-corrected chi connectivity index (χ2v) is 9.20. The van der Waals surface area contributed by atoms with Gasteiger partial charge in [-0.1, -0.05) is 35.0 Å². The van der Waals surface area contributed by atoms with Gasteiger partial charge in [-0.05, 0) is 51.8 Å². The van der Waals surface area contributed by atoms with Crippen LogP contribution in [0.1, 0.15) is 44.6 Å². The zero-order valence-electron chi connectivity index (χ0n) is 17.1. The van der Waals surface area contributed by atoms with E-state index >= 15 is 0 Å². The summed E-state index contributed by atoms with van der Waals surface area (Å²) < 4.78 is 5.60. The minimum absolute atomic E-state index is 0.0691. The van der Waals surface area contributed by atoms with Crippen LogP contribution in [0.4, 0.5) is 0 Å². The van der Waals surface area contributed by atoms with Crippen LogP contribution >= 0.6 is 11.6 Å². The number of nitrogens with zero attached hydrogens (tertiary/aromatic N) is 2. The SMILES string of the molecule is CC1(C(=O)NCC2(CN3CCCC3)CCOCC2)CC(c2ccccc2Cl)=NO1. The maximum Gasteiger partial charge on any atom is 0.267 e. The Hall–Kier alpha value is -1.63. The highest BCUT2D eigenvalue weighted by molar-refractivity contribution is 6.34. The summed E-state index contributed by atoms with van der Waals surface area (Å²) in [6.45, 7) is 7.31. The van der Waals surface area contributed by atoms with Crippen LogP contribution in [0.2, 0.25) is 5.02 Å². The molecule has 3 aliphatic heterocycles. The fourth-order valence-corrected chi connectivity index (χ4v) is 4.81. The molecule has 3 aliphatic rings. The molecule has 2 saturated heterocycles. The minimum Gasteiger partial charge on any atom is -0.381 e. The van der Waals surface area contributed by atoms with Crippen LogP contribution in [-0.4, -0.2) is 61.5 Å². The number of oxime groups is 1. The van der Waals surface area contributed by atoms with Gasteiger partial charge in [0.1, 0.15) is 0 Å². The topological polar surface area (TPSA) is 63.2 Å². The lowest BCUT2D eigenvalue weighted by Crippen LogP contribution is -2.52. The van der Waals surface area contributed by atoms with Crippen LogP contribution < -0.4 is 5.32 Å². The summed E-state index contributed by atoms with van der Waals surface area (Å²) in [7, 11) is 0. The number of benzene rings is 1. The third-order valence-electron chi connectivity index (χ3n) is 6.46. The molecule has 6 nitrogen and oxygen atoms in total. The van der Waals surface area contributed by atoms with E-state index in [4.69, 9.17) is 21.2 Å². The monoisotopic (exact) mass is 419 g/mol. The van der Waals surface area contributed by atoms with Gasteiger partial charge in [0.15, 0.2) is 0 Å². The van der Waals surface area contributed by atoms with Crippen LogP contribution in [0.3, 0.4) is 0 Å². The van der Waals surface area contributed by atoms with Gasteiger partial charge in [0.2, 0.25) is 5.60 Å². The van der Waals surface area contributed by atoms with Gasteiger partial charge in [0.05, 0.1) is 5.71 Å². The minimum atomic E-state index is -1.01. The van der Waals surface area contributed by atoms with Gasteiger partial charge >= 0.3 is 0 Å². The van der Waals surface area contributed by atoms with Gasteiger partial charge in [0.25, 0.3) is 5.91 Å². The molecule has 1 aromatic rings. The summed E-state index contributed by atoms with van der Waals surface area (Å²) in [5, 5.41) is 7.98. The van der Waals surface area contributed by atoms with Crippen LogP contribution in [0.5, 0.6) is 0 Å². The van der Waals surface area contributed by atoms with E-state index in [9.17, 15) is 4.79 Å². The average molecular weight is 420 g/mol. The largest absolute Gasteiger partial charge is 0.381 e. The molecule has 3 heterocycles. The number of rotatable bonds is 6. The molecular weight excluding hydrogens is 390 g/mol. The van der Waals surface area contributed by atoms with Crippen LogP contribution in [0, 0.1) is 5.41 Å². The lowest BCUT2D eigenvalue weighted by Gasteiger charge is -2.40. The molecule has 0 radical (unpaired) electrons. The van der Waals surface area contributed by atoms with Crippen molar-refractivity contribution in [3.63, 3.8) is 0 Å². The Kier molecular flexibility index (Phi) is 6.13. The van der Waals surface area contributed by atoms with Crippen LogP contribution in [0.15, 0.2) is 29.4 Å². The molecule has 1 N–H and O–H groups in total. The first-order valence-electron chi connectivity index (χ1n) is 10.6. The molecule has 4 rings (SSSR count). The maximum atomic E-state index is 13.1. The Balaban J connectivity index is 1.38. The molecule has 2 fully saturated rings. The van der Waals surface area contributed by atoms with Crippen molar-refractivity contribution in [1.82, 2.24) is 10.2 Å². The van der Waals surface area contributed by atoms with Gasteiger partial charge in [-0.25, -0.2) is 0 Å². The number of hydrogen-bond acceptors (Lipinski definition) is 5. The zero-order chi connectivity index (χ0) is 20.3. The summed E-state index contributed by atoms with van der Waals surface area (Å²) in [5.74, 6) is -0.115. The van der Waals surface area contributed by atoms with Gasteiger partial charge < -0.3 is 19.8 Å². The molecule has 7 heteroatoms. The Bertz CT molecular complexity index is 772. The summed E-state index contributed by atoms with van der Waals surface area (Å²) in [5.41, 5.74) is 0.598. The molecule has 0 spiro atoms. The Morgan fingerprint density at radius 1 is 1.24 bits per heavy atom. The molecule has 0 saturated carbocycles. The van der Waals surface area contributed by atoms with Crippen molar-refractivity contribution in [2.45, 2.75) is 44.6 Å². The average Bonchev–Trinajstić information content (AvgIpc) is 3.38. The fraction of sp³-hybridized carbons (Fsp3) is 0.636. The van der Waals surface area contributed by atoms with E-state index in [2.05, 4.69) is 15.4 Å². The predicted molar refractivity (Wildman–Crippen MR) is 113 cm³/mol. The number of likely N-dealkylation sites (tertiary alicyclic amines) is 1. The lowest BCUT2D eigenvalue weighted by molar-refractivity contribution is -0.142. The molecule has 29 heavy (non-hydrogen) atoms. The molecule has 0 aliphatic carbocycles. The van der Waals surface area contributed by atoms with E-state index in [1.54, 1.807) is 6.92 Å². The number of nitrogens with one attached hydrogen (secondary N) is 1. The molecule has 0 bridgehead atoms. The number of carbonyl (C=O) groups excluding carboxylic acids is 1. The first-order valence-corrected chi connectivity index (χ1v) is 11.0. The van der Waals surface area contributed by atoms with Crippen LogP contribution in [-0.2, 0) is 14.4 Å². The Morgan fingerprint density at radius 3 is 2.69 bits per heavy atom. The predicted octanol–water partition coefficient (Wildman–Crippen LogP) is 3.23. The third-order valence-corrected chi connectivity index (χ3v) is 6.79. The number of hydrogen-bond donors (Lipinski definition) is 1. The van der Waals surface area contributed by atoms with Gasteiger partial charge in [-0.2, -0.15) is 0 Å². The van der Waals surface area contributed by atoms with Crippen molar-refractivity contribution >= 4 is 23.2 Å². The Labute approximate surface area is 177 Å². The smallest absolute Gasteiger partial charge is 0.267 e. The summed E-state index contributed by atoms with van der Waals surface area (Å²) in [6.07, 6.45) is 4.90. The molecular formula is C22H30ClN3O3. The molecule has 158 valence electrons. The van der Waals surface area contributed by atoms with E-state index in [-0.39, 0.29) is 11.3 Å². The normalized spacial score (nSPS) is 26.8. The standard InChI is InChI=1S/C22H30ClN3O3/c1-21(14-19(25-29-21)17-6-2-3-7-18(17)23)20(27)24-15-22(8-12-28-13-9-22)16-26-10-4-5-11-26/h2-3,6-7H,4-5,8-16H2,1H3,(H,24,27). The van der Waals surface area contributed by atoms with Gasteiger partial charge in [-0.15, -0.1) is 0 Å². The highest BCUT2D eigenvalue weighted by Gasteiger charge is 2.44. The third kappa shape index (κ3) is 4.60. The lowest BCUT2D eigenvalue weighted by atomic mass is 9.79. The summed E-state index contributed by atoms with van der Waals surface area (Å²) in [4.78, 5) is 21.2. The van der Waals surface area contributed by atoms with E-state index in [1.165, 1.54) is 12.8 Å². The van der Waals surface area contributed by atoms with E-state index in [0.717, 1.165) is 51.3 Å². The van der Waals surface area contributed by atoms with E-state index < -0.39 is 5.60 Å². The molecule has 1 amide bonds. The number of ether oxygens (including phenoxy) is 1. The number of amides is 1. The maximum absolute atomic E-state index is 13.1. The van der Waals surface area contributed by atoms with Crippen molar-refractivity contribution in [2.24, 2.45) is 10.6 Å². The number of halogens is 1. The van der Waals surface area contributed by atoms with Gasteiger partial charge in [0, 0.05) is 48.7 Å². The van der Waals surface area contributed by atoms with Crippen molar-refractivity contribution in [3.8, 4) is 0 Å². The molecule has 0 aromatic heterocycles. The Morgan fingerprint density at radius 2 is 1.97 bits per heavy atom. The van der Waals surface area contributed by atoms with Crippen molar-refractivity contribution < 1.29 is 14.4 Å². The van der Waals surface area contributed by atoms with Crippen molar-refractivity contribution in [1.29, 1.82) is 0 Å². The number of carbonyl (C=O) groups is 1. The van der Waals surface area contributed by atoms with Crippen molar-refractivity contribution in [3.05, 3.63) is 34.9 Å². The van der Waals surface area contributed by atoms with E-state index in [1.807, 2.05) is 24.3 Å². The van der Waals surface area contributed by atoms with Crippen LogP contribution in [0.25, 0.3) is 0 Å². The highest BCUT2D eigenvalue weighted by atomic mass is 35.5. The quantitative estimate of drug-likeness (QED) is 0.768.